The van der Waals surface area contributed by atoms with Crippen molar-refractivity contribution in [2.24, 2.45) is 0 Å². The fourth-order valence-corrected chi connectivity index (χ4v) is 3.21. The van der Waals surface area contributed by atoms with E-state index < -0.39 is 27.3 Å². The molecule has 0 fully saturated rings. The first-order chi connectivity index (χ1) is 8.92. The lowest BCUT2D eigenvalue weighted by molar-refractivity contribution is 0.153. The third-order valence-electron chi connectivity index (χ3n) is 2.28. The number of rotatable bonds is 7. The predicted molar refractivity (Wildman–Crippen MR) is 71.7 cm³/mol. The molecule has 0 aromatic heterocycles. The average Bonchev–Trinajstić information content (AvgIpc) is 2.37. The molecule has 1 rings (SSSR count). The van der Waals surface area contributed by atoms with Crippen LogP contribution in [-0.4, -0.2) is 33.3 Å². The molecule has 0 saturated heterocycles. The molecule has 0 bridgehead atoms. The van der Waals surface area contributed by atoms with Gasteiger partial charge >= 0.3 is 0 Å². The first-order valence-electron chi connectivity index (χ1n) is 5.58. The zero-order chi connectivity index (χ0) is 14.5. The van der Waals surface area contributed by atoms with Gasteiger partial charge in [0.1, 0.15) is 10.7 Å². The van der Waals surface area contributed by atoms with E-state index in [1.807, 2.05) is 0 Å². The lowest BCUT2D eigenvalue weighted by atomic mass is 10.2. The average molecular weight is 356 g/mol. The van der Waals surface area contributed by atoms with Crippen LogP contribution < -0.4 is 4.72 Å². The molecular formula is C11H15BrFNO4S. The number of ether oxygens (including phenoxy) is 1. The summed E-state index contributed by atoms with van der Waals surface area (Å²) in [6, 6.07) is 2.48. The zero-order valence-corrected chi connectivity index (χ0v) is 12.7. The van der Waals surface area contributed by atoms with E-state index in [1.165, 1.54) is 6.07 Å². The van der Waals surface area contributed by atoms with E-state index in [2.05, 4.69) is 20.7 Å². The minimum atomic E-state index is -3.97. The molecular weight excluding hydrogens is 341 g/mol. The van der Waals surface area contributed by atoms with Gasteiger partial charge in [-0.3, -0.25) is 0 Å². The molecule has 2 N–H and O–H groups in total. The Morgan fingerprint density at radius 3 is 2.74 bits per heavy atom. The topological polar surface area (TPSA) is 75.6 Å². The van der Waals surface area contributed by atoms with Crippen molar-refractivity contribution in [2.45, 2.75) is 18.4 Å². The number of aliphatic hydroxyl groups is 1. The standard InChI is InChI=1S/C11H15BrFNO4S/c1-2-18-4-3-14-19(16,17)10-6-9(12)5-8(7-15)11(10)13/h5-6,14-15H,2-4,7H2,1H3. The Morgan fingerprint density at radius 1 is 1.47 bits per heavy atom. The molecule has 5 nitrogen and oxygen atoms in total. The van der Waals surface area contributed by atoms with E-state index in [0.717, 1.165) is 6.07 Å². The summed E-state index contributed by atoms with van der Waals surface area (Å²) in [5.41, 5.74) is -0.0837. The lowest BCUT2D eigenvalue weighted by Gasteiger charge is -2.10. The second kappa shape index (κ2) is 7.30. The number of aliphatic hydroxyl groups excluding tert-OH is 1. The Morgan fingerprint density at radius 2 is 2.16 bits per heavy atom. The molecule has 1 aromatic rings. The minimum absolute atomic E-state index is 0.0522. The quantitative estimate of drug-likeness (QED) is 0.724. The van der Waals surface area contributed by atoms with Crippen molar-refractivity contribution >= 4 is 26.0 Å². The Bertz CT molecular complexity index is 536. The SMILES string of the molecule is CCOCCNS(=O)(=O)c1cc(Br)cc(CO)c1F. The molecule has 0 saturated carbocycles. The highest BCUT2D eigenvalue weighted by Crippen LogP contribution is 2.24. The van der Waals surface area contributed by atoms with Crippen LogP contribution in [0.3, 0.4) is 0 Å². The van der Waals surface area contributed by atoms with Gasteiger partial charge in [0.05, 0.1) is 13.2 Å². The summed E-state index contributed by atoms with van der Waals surface area (Å²) < 4.78 is 45.4. The second-order valence-corrected chi connectivity index (χ2v) is 6.28. The van der Waals surface area contributed by atoms with Crippen LogP contribution in [0.15, 0.2) is 21.5 Å². The lowest BCUT2D eigenvalue weighted by Crippen LogP contribution is -2.28. The number of hydrogen-bond donors (Lipinski definition) is 2. The maximum atomic E-state index is 13.9. The summed E-state index contributed by atoms with van der Waals surface area (Å²) in [5.74, 6) is -0.949. The molecule has 0 atom stereocenters. The largest absolute Gasteiger partial charge is 0.392 e. The third kappa shape index (κ3) is 4.50. The second-order valence-electron chi connectivity index (χ2n) is 3.63. The maximum Gasteiger partial charge on any atom is 0.243 e. The van der Waals surface area contributed by atoms with Crippen LogP contribution in [0.4, 0.5) is 4.39 Å². The molecule has 0 amide bonds. The highest BCUT2D eigenvalue weighted by atomic mass is 79.9. The van der Waals surface area contributed by atoms with E-state index in [1.54, 1.807) is 6.92 Å². The Kier molecular flexibility index (Phi) is 6.34. The Labute approximate surface area is 120 Å². The van der Waals surface area contributed by atoms with Gasteiger partial charge in [0.25, 0.3) is 0 Å². The fraction of sp³-hybridized carbons (Fsp3) is 0.455. The molecule has 0 aliphatic heterocycles. The van der Waals surface area contributed by atoms with E-state index in [4.69, 9.17) is 9.84 Å². The Hall–Kier alpha value is -0.540. The zero-order valence-electron chi connectivity index (χ0n) is 10.3. The summed E-state index contributed by atoms with van der Waals surface area (Å²) in [6.07, 6.45) is 0. The van der Waals surface area contributed by atoms with Gasteiger partial charge in [0.2, 0.25) is 10.0 Å². The van der Waals surface area contributed by atoms with Crippen molar-refractivity contribution in [3.8, 4) is 0 Å². The van der Waals surface area contributed by atoms with Crippen LogP contribution in [0.2, 0.25) is 0 Å². The number of sulfonamides is 1. The third-order valence-corrected chi connectivity index (χ3v) is 4.20. The molecule has 19 heavy (non-hydrogen) atoms. The summed E-state index contributed by atoms with van der Waals surface area (Å²) in [6.45, 7) is 1.94. The molecule has 0 aliphatic rings. The number of hydrogen-bond acceptors (Lipinski definition) is 4. The monoisotopic (exact) mass is 355 g/mol. The number of halogens is 2. The molecule has 1 aromatic carbocycles. The van der Waals surface area contributed by atoms with Crippen molar-refractivity contribution in [3.63, 3.8) is 0 Å². The highest BCUT2D eigenvalue weighted by Gasteiger charge is 2.21. The molecule has 0 heterocycles. The van der Waals surface area contributed by atoms with Gasteiger partial charge < -0.3 is 9.84 Å². The van der Waals surface area contributed by atoms with E-state index in [0.29, 0.717) is 11.1 Å². The molecule has 0 unspecified atom stereocenters. The summed E-state index contributed by atoms with van der Waals surface area (Å²) >= 11 is 3.08. The minimum Gasteiger partial charge on any atom is -0.392 e. The molecule has 0 radical (unpaired) electrons. The first-order valence-corrected chi connectivity index (χ1v) is 7.86. The smallest absolute Gasteiger partial charge is 0.243 e. The highest BCUT2D eigenvalue weighted by molar-refractivity contribution is 9.10. The van der Waals surface area contributed by atoms with Crippen molar-refractivity contribution in [2.75, 3.05) is 19.8 Å². The van der Waals surface area contributed by atoms with E-state index in [9.17, 15) is 12.8 Å². The van der Waals surface area contributed by atoms with Crippen molar-refractivity contribution in [1.82, 2.24) is 4.72 Å². The molecule has 108 valence electrons. The predicted octanol–water partition coefficient (Wildman–Crippen LogP) is 1.40. The van der Waals surface area contributed by atoms with Crippen LogP contribution in [0, 0.1) is 5.82 Å². The van der Waals surface area contributed by atoms with Crippen molar-refractivity contribution in [3.05, 3.63) is 28.0 Å². The van der Waals surface area contributed by atoms with Crippen molar-refractivity contribution in [1.29, 1.82) is 0 Å². The summed E-state index contributed by atoms with van der Waals surface area (Å²) in [5, 5.41) is 8.98. The van der Waals surface area contributed by atoms with Gasteiger partial charge in [-0.25, -0.2) is 17.5 Å². The van der Waals surface area contributed by atoms with Gasteiger partial charge in [-0.1, -0.05) is 15.9 Å². The van der Waals surface area contributed by atoms with Gasteiger partial charge in [0.15, 0.2) is 0 Å². The summed E-state index contributed by atoms with van der Waals surface area (Å²) in [7, 11) is -3.97. The van der Waals surface area contributed by atoms with Gasteiger partial charge in [-0.05, 0) is 19.1 Å². The van der Waals surface area contributed by atoms with E-state index in [-0.39, 0.29) is 18.7 Å². The fourth-order valence-electron chi connectivity index (χ4n) is 1.40. The van der Waals surface area contributed by atoms with Gasteiger partial charge in [-0.2, -0.15) is 0 Å². The number of nitrogens with one attached hydrogen (secondary N) is 1. The van der Waals surface area contributed by atoms with Gasteiger partial charge in [0, 0.05) is 23.2 Å². The van der Waals surface area contributed by atoms with Crippen LogP contribution in [-0.2, 0) is 21.4 Å². The maximum absolute atomic E-state index is 13.9. The van der Waals surface area contributed by atoms with Crippen LogP contribution in [0.25, 0.3) is 0 Å². The van der Waals surface area contributed by atoms with Crippen LogP contribution >= 0.6 is 15.9 Å². The van der Waals surface area contributed by atoms with Crippen LogP contribution in [0.5, 0.6) is 0 Å². The molecule has 8 heteroatoms. The Balaban J connectivity index is 2.98. The number of benzene rings is 1. The molecule has 0 aliphatic carbocycles. The van der Waals surface area contributed by atoms with Crippen molar-refractivity contribution < 1.29 is 22.7 Å². The normalized spacial score (nSPS) is 11.8. The summed E-state index contributed by atoms with van der Waals surface area (Å²) in [4.78, 5) is -0.498. The first kappa shape index (κ1) is 16.5. The van der Waals surface area contributed by atoms with E-state index >= 15 is 0 Å². The molecule has 0 spiro atoms. The van der Waals surface area contributed by atoms with Crippen LogP contribution in [0.1, 0.15) is 12.5 Å². The van der Waals surface area contributed by atoms with Gasteiger partial charge in [-0.15, -0.1) is 0 Å².